The molecule has 0 amide bonds. The molecule has 4 nitrogen and oxygen atoms in total. The Morgan fingerprint density at radius 1 is 1.00 bits per heavy atom. The number of nitrogens with zero attached hydrogens (tertiary/aromatic N) is 2. The maximum absolute atomic E-state index is 12.8. The van der Waals surface area contributed by atoms with Crippen LogP contribution in [0.25, 0.3) is 11.4 Å². The molecule has 100 valence electrons. The molecule has 0 aliphatic heterocycles. The molecule has 0 atom stereocenters. The van der Waals surface area contributed by atoms with E-state index in [-0.39, 0.29) is 5.82 Å². The van der Waals surface area contributed by atoms with Gasteiger partial charge in [0.1, 0.15) is 24.5 Å². The van der Waals surface area contributed by atoms with Gasteiger partial charge in [0.15, 0.2) is 5.82 Å². The third-order valence-electron chi connectivity index (χ3n) is 2.86. The average molecular weight is 269 g/mol. The van der Waals surface area contributed by atoms with Crippen LogP contribution in [-0.2, 0) is 6.61 Å². The van der Waals surface area contributed by atoms with E-state index in [0.717, 1.165) is 22.7 Å². The third-order valence-corrected chi connectivity index (χ3v) is 2.86. The number of hydrogen-bond donors (Lipinski definition) is 1. The Bertz CT molecular complexity index is 663. The Morgan fingerprint density at radius 2 is 1.75 bits per heavy atom. The first-order valence-corrected chi connectivity index (χ1v) is 6.15. The topological polar surface area (TPSA) is 50.8 Å². The van der Waals surface area contributed by atoms with E-state index in [1.54, 1.807) is 12.1 Å². The van der Waals surface area contributed by atoms with E-state index in [1.165, 1.54) is 18.5 Å². The first kappa shape index (κ1) is 12.3. The Morgan fingerprint density at radius 3 is 2.40 bits per heavy atom. The summed E-state index contributed by atoms with van der Waals surface area (Å²) in [7, 11) is 0. The molecule has 3 aromatic rings. The quantitative estimate of drug-likeness (QED) is 0.791. The molecular weight excluding hydrogens is 257 g/mol. The number of aromatic nitrogens is 3. The van der Waals surface area contributed by atoms with Gasteiger partial charge in [0.25, 0.3) is 0 Å². The van der Waals surface area contributed by atoms with Gasteiger partial charge in [-0.15, -0.1) is 10.2 Å². The summed E-state index contributed by atoms with van der Waals surface area (Å²) in [5, 5.41) is 7.67. The first-order chi connectivity index (χ1) is 9.81. The van der Waals surface area contributed by atoms with Crippen LogP contribution in [0.3, 0.4) is 0 Å². The minimum atomic E-state index is -0.245. The number of rotatable bonds is 4. The molecule has 1 N–H and O–H groups in total. The second kappa shape index (κ2) is 5.52. The minimum absolute atomic E-state index is 0.245. The smallest absolute Gasteiger partial charge is 0.161 e. The summed E-state index contributed by atoms with van der Waals surface area (Å²) in [6, 6.07) is 13.8. The van der Waals surface area contributed by atoms with Crippen molar-refractivity contribution in [3.05, 3.63) is 66.2 Å². The minimum Gasteiger partial charge on any atom is -0.489 e. The fourth-order valence-electron chi connectivity index (χ4n) is 1.80. The normalized spacial score (nSPS) is 10.4. The maximum Gasteiger partial charge on any atom is 0.161 e. The summed E-state index contributed by atoms with van der Waals surface area (Å²) in [4.78, 5) is 2.94. The van der Waals surface area contributed by atoms with Crippen molar-refractivity contribution < 1.29 is 9.13 Å². The Balaban J connectivity index is 1.65. The van der Waals surface area contributed by atoms with Crippen LogP contribution in [0, 0.1) is 5.82 Å². The first-order valence-electron chi connectivity index (χ1n) is 6.15. The molecule has 0 radical (unpaired) electrons. The molecule has 0 saturated heterocycles. The summed E-state index contributed by atoms with van der Waals surface area (Å²) in [6.07, 6.45) is 1.54. The molecule has 0 unspecified atom stereocenters. The zero-order valence-electron chi connectivity index (χ0n) is 10.6. The highest BCUT2D eigenvalue weighted by Gasteiger charge is 2.01. The molecule has 0 fully saturated rings. The van der Waals surface area contributed by atoms with Crippen LogP contribution in [0.4, 0.5) is 4.39 Å². The maximum atomic E-state index is 12.8. The highest BCUT2D eigenvalue weighted by atomic mass is 19.1. The molecule has 0 aliphatic carbocycles. The summed E-state index contributed by atoms with van der Waals surface area (Å²) in [5.74, 6) is 1.22. The molecule has 1 aromatic heterocycles. The van der Waals surface area contributed by atoms with Crippen molar-refractivity contribution in [2.45, 2.75) is 6.61 Å². The second-order valence-electron chi connectivity index (χ2n) is 4.28. The Kier molecular flexibility index (Phi) is 3.41. The summed E-state index contributed by atoms with van der Waals surface area (Å²) in [6.45, 7) is 0.405. The molecule has 1 heterocycles. The van der Waals surface area contributed by atoms with E-state index in [2.05, 4.69) is 15.2 Å². The van der Waals surface area contributed by atoms with Crippen LogP contribution in [-0.4, -0.2) is 15.2 Å². The van der Waals surface area contributed by atoms with Gasteiger partial charge in [0.05, 0.1) is 0 Å². The van der Waals surface area contributed by atoms with E-state index in [9.17, 15) is 4.39 Å². The molecule has 20 heavy (non-hydrogen) atoms. The van der Waals surface area contributed by atoms with Crippen molar-refractivity contribution in [3.63, 3.8) is 0 Å². The van der Waals surface area contributed by atoms with Crippen LogP contribution in [0.1, 0.15) is 5.56 Å². The van der Waals surface area contributed by atoms with Gasteiger partial charge in [-0.25, -0.2) is 4.39 Å². The van der Waals surface area contributed by atoms with Gasteiger partial charge in [0.2, 0.25) is 0 Å². The lowest BCUT2D eigenvalue weighted by molar-refractivity contribution is 0.306. The van der Waals surface area contributed by atoms with Crippen LogP contribution >= 0.6 is 0 Å². The van der Waals surface area contributed by atoms with E-state index in [0.29, 0.717) is 6.61 Å². The van der Waals surface area contributed by atoms with Crippen molar-refractivity contribution in [3.8, 4) is 17.1 Å². The standard InChI is InChI=1S/C15H12FN3O/c16-13-5-1-11(2-6-13)9-20-14-7-3-12(4-8-14)15-17-10-18-19-15/h1-8,10H,9H2,(H,17,18,19). The van der Waals surface area contributed by atoms with Crippen LogP contribution in [0.5, 0.6) is 5.75 Å². The van der Waals surface area contributed by atoms with Crippen molar-refractivity contribution in [2.24, 2.45) is 0 Å². The lowest BCUT2D eigenvalue weighted by atomic mass is 10.2. The predicted molar refractivity (Wildman–Crippen MR) is 72.6 cm³/mol. The number of aromatic amines is 1. The van der Waals surface area contributed by atoms with Gasteiger partial charge in [-0.05, 0) is 42.0 Å². The summed E-state index contributed by atoms with van der Waals surface area (Å²) >= 11 is 0. The second-order valence-corrected chi connectivity index (χ2v) is 4.28. The molecule has 3 rings (SSSR count). The SMILES string of the molecule is Fc1ccc(COc2ccc(-c3nnc[nH]3)cc2)cc1. The van der Waals surface area contributed by atoms with Crippen molar-refractivity contribution in [1.82, 2.24) is 15.2 Å². The Hall–Kier alpha value is -2.69. The summed E-state index contributed by atoms with van der Waals surface area (Å²) < 4.78 is 18.4. The fraction of sp³-hybridized carbons (Fsp3) is 0.0667. The van der Waals surface area contributed by atoms with Crippen molar-refractivity contribution in [1.29, 1.82) is 0 Å². The lowest BCUT2D eigenvalue weighted by Crippen LogP contribution is -1.95. The van der Waals surface area contributed by atoms with Crippen molar-refractivity contribution in [2.75, 3.05) is 0 Å². The number of halogens is 1. The van der Waals surface area contributed by atoms with Gasteiger partial charge in [-0.1, -0.05) is 12.1 Å². The molecular formula is C15H12FN3O. The molecule has 2 aromatic carbocycles. The van der Waals surface area contributed by atoms with E-state index >= 15 is 0 Å². The fourth-order valence-corrected chi connectivity index (χ4v) is 1.80. The Labute approximate surface area is 115 Å². The third kappa shape index (κ3) is 2.83. The number of ether oxygens (including phenoxy) is 1. The number of hydrogen-bond acceptors (Lipinski definition) is 3. The molecule has 0 aliphatic rings. The number of H-pyrrole nitrogens is 1. The van der Waals surface area contributed by atoms with Gasteiger partial charge in [-0.2, -0.15) is 0 Å². The average Bonchev–Trinajstić information content (AvgIpc) is 3.01. The number of nitrogens with one attached hydrogen (secondary N) is 1. The number of benzene rings is 2. The van der Waals surface area contributed by atoms with E-state index < -0.39 is 0 Å². The van der Waals surface area contributed by atoms with Gasteiger partial charge in [-0.3, -0.25) is 0 Å². The molecule has 0 spiro atoms. The van der Waals surface area contributed by atoms with E-state index in [4.69, 9.17) is 4.74 Å². The van der Waals surface area contributed by atoms with Gasteiger partial charge >= 0.3 is 0 Å². The summed E-state index contributed by atoms with van der Waals surface area (Å²) in [5.41, 5.74) is 1.86. The highest BCUT2D eigenvalue weighted by molar-refractivity contribution is 5.55. The van der Waals surface area contributed by atoms with Gasteiger partial charge < -0.3 is 9.72 Å². The van der Waals surface area contributed by atoms with Crippen LogP contribution in [0.15, 0.2) is 54.9 Å². The van der Waals surface area contributed by atoms with Crippen LogP contribution in [0.2, 0.25) is 0 Å². The monoisotopic (exact) mass is 269 g/mol. The zero-order valence-corrected chi connectivity index (χ0v) is 10.6. The largest absolute Gasteiger partial charge is 0.489 e. The molecule has 0 bridgehead atoms. The zero-order chi connectivity index (χ0) is 13.8. The van der Waals surface area contributed by atoms with Crippen molar-refractivity contribution >= 4 is 0 Å². The van der Waals surface area contributed by atoms with E-state index in [1.807, 2.05) is 24.3 Å². The predicted octanol–water partition coefficient (Wildman–Crippen LogP) is 3.19. The lowest BCUT2D eigenvalue weighted by Gasteiger charge is -2.06. The van der Waals surface area contributed by atoms with Crippen LogP contribution < -0.4 is 4.74 Å². The van der Waals surface area contributed by atoms with Gasteiger partial charge in [0, 0.05) is 5.56 Å². The molecule has 5 heteroatoms. The molecule has 0 saturated carbocycles. The highest BCUT2D eigenvalue weighted by Crippen LogP contribution is 2.19.